The van der Waals surface area contributed by atoms with Gasteiger partial charge in [-0.3, -0.25) is 0 Å². The normalized spacial score (nSPS) is 8.80. The maximum atomic E-state index is 5.83. The molecule has 0 rings (SSSR count). The first-order chi connectivity index (χ1) is 9.18. The molecule has 0 fully saturated rings. The zero-order valence-electron chi connectivity index (χ0n) is 11.4. The second-order valence-corrected chi connectivity index (χ2v) is 5.22. The van der Waals surface area contributed by atoms with Gasteiger partial charge in [-0.05, 0) is 0 Å². The Kier molecular flexibility index (Phi) is 11.0. The van der Waals surface area contributed by atoms with Crippen LogP contribution in [-0.4, -0.2) is 134 Å². The topological polar surface area (TPSA) is 0 Å². The van der Waals surface area contributed by atoms with Gasteiger partial charge in [-0.25, -0.2) is 0 Å². The standard InChI is InChI=1S/B19S/c1-10-16(12(2)3)19(15(8)9)17(11-20)18(13(4)5)14(6)7. The Balaban J connectivity index is 5.54. The van der Waals surface area contributed by atoms with Crippen LogP contribution in [-0.2, 0) is 0 Å². The molecule has 0 aromatic heterocycles. The number of rotatable bonds is 9. The van der Waals surface area contributed by atoms with Gasteiger partial charge in [-0.15, -0.1) is 0 Å². The SMILES string of the molecule is [B][B]B(B([B])[B])B(B([B])[B])B(B=S)B(B([B])[B])B([B])[B]. The van der Waals surface area contributed by atoms with Crippen molar-refractivity contribution in [3.63, 3.8) is 0 Å². The zero-order chi connectivity index (χ0) is 16.0. The van der Waals surface area contributed by atoms with Crippen LogP contribution < -0.4 is 0 Å². The van der Waals surface area contributed by atoms with E-state index in [0.717, 1.165) is 0 Å². The molecule has 20 heavy (non-hydrogen) atoms. The van der Waals surface area contributed by atoms with Gasteiger partial charge in [0.1, 0.15) is 0 Å². The van der Waals surface area contributed by atoms with E-state index in [4.69, 9.17) is 81.7 Å². The minimum atomic E-state index is -0.798. The summed E-state index contributed by atoms with van der Waals surface area (Å²) in [7, 11) is 53.0. The minimum absolute atomic E-state index is 0.454. The van der Waals surface area contributed by atoms with Crippen LogP contribution >= 0.6 is 12.1 Å². The van der Waals surface area contributed by atoms with Gasteiger partial charge in [0.2, 0.25) is 0 Å². The van der Waals surface area contributed by atoms with Gasteiger partial charge in [0.25, 0.3) is 0 Å². The van der Waals surface area contributed by atoms with Crippen LogP contribution in [0, 0.1) is 0 Å². The molecule has 0 saturated heterocycles. The Hall–Kier alpha value is 1.45. The van der Waals surface area contributed by atoms with E-state index < -0.39 is 51.1 Å². The Morgan fingerprint density at radius 3 is 1.20 bits per heavy atom. The van der Waals surface area contributed by atoms with Crippen molar-refractivity contribution < 1.29 is 0 Å². The van der Waals surface area contributed by atoms with E-state index >= 15 is 0 Å². The fourth-order valence-electron chi connectivity index (χ4n) is 2.49. The van der Waals surface area contributed by atoms with Gasteiger partial charge in [-0.2, -0.15) is 0 Å². The molecule has 0 atom stereocenters. The van der Waals surface area contributed by atoms with Gasteiger partial charge in [0.05, 0.1) is 0 Å². The molecule has 0 spiro atoms. The predicted octanol–water partition coefficient (Wildman–Crippen LogP) is -6.59. The first-order valence-electron chi connectivity index (χ1n) is 6.24. The average molecular weight is 237 g/mol. The van der Waals surface area contributed by atoms with E-state index in [-0.39, 0.29) is 0 Å². The molecule has 0 aliphatic heterocycles. The molecular weight excluding hydrogens is 237 g/mol. The molecule has 0 heterocycles. The summed E-state index contributed by atoms with van der Waals surface area (Å²) in [6.45, 7) is 0. The zero-order valence-corrected chi connectivity index (χ0v) is 12.2. The van der Waals surface area contributed by atoms with Crippen molar-refractivity contribution in [2.45, 2.75) is 0 Å². The molecule has 0 N–H and O–H groups in total. The second-order valence-electron chi connectivity index (χ2n) is 4.95. The van der Waals surface area contributed by atoms with Gasteiger partial charge in [-0.1, -0.05) is 0 Å². The van der Waals surface area contributed by atoms with Crippen LogP contribution in [0.2, 0.25) is 0 Å². The molecule has 0 unspecified atom stereocenters. The summed E-state index contributed by atoms with van der Waals surface area (Å²) in [5.41, 5.74) is 0. The van der Waals surface area contributed by atoms with Gasteiger partial charge in [0, 0.05) is 0 Å². The summed E-state index contributed by atoms with van der Waals surface area (Å²) in [6.07, 6.45) is -5.11. The summed E-state index contributed by atoms with van der Waals surface area (Å²) in [4.78, 5) is 0. The Morgan fingerprint density at radius 2 is 1.00 bits per heavy atom. The monoisotopic (exact) mass is 241 g/mol. The fourth-order valence-corrected chi connectivity index (χ4v) is 2.85. The Labute approximate surface area is 145 Å². The van der Waals surface area contributed by atoms with E-state index in [9.17, 15) is 0 Å². The molecule has 63 valence electrons. The first-order valence-corrected chi connectivity index (χ1v) is 6.71. The maximum absolute atomic E-state index is 5.83. The van der Waals surface area contributed by atoms with Crippen LogP contribution in [0.4, 0.5) is 0 Å². The van der Waals surface area contributed by atoms with Crippen LogP contribution in [0.5, 0.6) is 0 Å². The molecule has 0 aliphatic carbocycles. The van der Waals surface area contributed by atoms with Crippen LogP contribution in [0.1, 0.15) is 0 Å². The summed E-state index contributed by atoms with van der Waals surface area (Å²) in [6, 6.07) is 1.44. The molecule has 0 aromatic rings. The summed E-state index contributed by atoms with van der Waals surface area (Å²) in [5.74, 6) is 0. The molecule has 0 saturated carbocycles. The van der Waals surface area contributed by atoms with Gasteiger partial charge >= 0.3 is 146 Å². The van der Waals surface area contributed by atoms with Gasteiger partial charge < -0.3 is 0 Å². The summed E-state index contributed by atoms with van der Waals surface area (Å²) in [5, 5.41) is 0. The van der Waals surface area contributed by atoms with Crippen molar-refractivity contribution in [3.05, 3.63) is 0 Å². The third-order valence-corrected chi connectivity index (χ3v) is 3.80. The molecule has 0 bridgehead atoms. The molecular formula is B19S. The van der Waals surface area contributed by atoms with E-state index in [2.05, 4.69) is 0 Å². The van der Waals surface area contributed by atoms with Crippen molar-refractivity contribution in [3.8, 4) is 0 Å². The third-order valence-electron chi connectivity index (χ3n) is 3.49. The van der Waals surface area contributed by atoms with Crippen molar-refractivity contribution >= 4 is 146 Å². The first kappa shape index (κ1) is 21.5. The van der Waals surface area contributed by atoms with Crippen molar-refractivity contribution in [2.75, 3.05) is 0 Å². The molecule has 20 heteroatoms. The third kappa shape index (κ3) is 5.92. The molecule has 0 aliphatic rings. The number of hydrogen-bond acceptors (Lipinski definition) is 1. The molecule has 0 nitrogen and oxygen atoms in total. The molecule has 0 amide bonds. The van der Waals surface area contributed by atoms with Crippen LogP contribution in [0.3, 0.4) is 0 Å². The number of hydrogen-bond donors (Lipinski definition) is 0. The van der Waals surface area contributed by atoms with E-state index in [0.29, 0.717) is 0 Å². The molecule has 0 aromatic carbocycles. The average Bonchev–Trinajstić information content (AvgIpc) is 2.31. The van der Waals surface area contributed by atoms with E-state index in [1.165, 1.54) is 13.1 Å². The Bertz CT molecular complexity index is 257. The second kappa shape index (κ2) is 10.3. The van der Waals surface area contributed by atoms with E-state index in [1.807, 2.05) is 0 Å². The van der Waals surface area contributed by atoms with E-state index in [1.54, 1.807) is 0 Å². The Morgan fingerprint density at radius 1 is 0.600 bits per heavy atom. The quantitative estimate of drug-likeness (QED) is 0.360. The fraction of sp³-hybridized carbons (Fsp3) is 0. The summed E-state index contributed by atoms with van der Waals surface area (Å²) < 4.78 is 0. The molecule has 19 radical (unpaired) electrons. The van der Waals surface area contributed by atoms with Crippen molar-refractivity contribution in [1.82, 2.24) is 0 Å². The predicted molar refractivity (Wildman–Crippen MR) is 117 cm³/mol. The van der Waals surface area contributed by atoms with Crippen molar-refractivity contribution in [1.29, 1.82) is 0 Å². The van der Waals surface area contributed by atoms with Crippen molar-refractivity contribution in [2.24, 2.45) is 0 Å². The van der Waals surface area contributed by atoms with Crippen LogP contribution in [0.25, 0.3) is 0 Å². The summed E-state index contributed by atoms with van der Waals surface area (Å²) >= 11 is 5.04. The van der Waals surface area contributed by atoms with Gasteiger partial charge in [0.15, 0.2) is 0 Å². The van der Waals surface area contributed by atoms with Crippen LogP contribution in [0.15, 0.2) is 0 Å².